The molecule has 4 nitrogen and oxygen atoms in total. The molecule has 27 heavy (non-hydrogen) atoms. The van der Waals surface area contributed by atoms with E-state index in [1.165, 1.54) is 11.1 Å². The summed E-state index contributed by atoms with van der Waals surface area (Å²) in [7, 11) is 0. The Bertz CT molecular complexity index is 726. The second-order valence-corrected chi connectivity index (χ2v) is 7.75. The zero-order valence-electron chi connectivity index (χ0n) is 15.9. The summed E-state index contributed by atoms with van der Waals surface area (Å²) >= 11 is 0. The lowest BCUT2D eigenvalue weighted by atomic mass is 10.1. The first-order chi connectivity index (χ1) is 13.3. The molecule has 0 unspecified atom stereocenters. The molecule has 1 heterocycles. The van der Waals surface area contributed by atoms with Gasteiger partial charge in [0.25, 0.3) is 0 Å². The van der Waals surface area contributed by atoms with Crippen molar-refractivity contribution in [1.29, 1.82) is 0 Å². The first kappa shape index (κ1) is 18.2. The molecule has 1 aliphatic carbocycles. The van der Waals surface area contributed by atoms with Gasteiger partial charge in [0.2, 0.25) is 5.91 Å². The Kier molecular flexibility index (Phi) is 5.85. The third kappa shape index (κ3) is 4.96. The summed E-state index contributed by atoms with van der Waals surface area (Å²) in [6, 6.07) is 21.1. The highest BCUT2D eigenvalue weighted by atomic mass is 16.2. The van der Waals surface area contributed by atoms with E-state index in [0.717, 1.165) is 52.2 Å². The number of carbonyl (C=O) groups is 1. The Hall–Kier alpha value is -2.17. The van der Waals surface area contributed by atoms with Crippen molar-refractivity contribution >= 4 is 5.91 Å². The minimum Gasteiger partial charge on any atom is -0.355 e. The molecule has 2 aliphatic rings. The largest absolute Gasteiger partial charge is 0.355 e. The van der Waals surface area contributed by atoms with Gasteiger partial charge in [-0.1, -0.05) is 60.7 Å². The lowest BCUT2D eigenvalue weighted by molar-refractivity contribution is -0.122. The van der Waals surface area contributed by atoms with Crippen LogP contribution in [0.1, 0.15) is 23.5 Å². The summed E-state index contributed by atoms with van der Waals surface area (Å²) in [6.07, 6.45) is 0.994. The van der Waals surface area contributed by atoms with Gasteiger partial charge in [-0.15, -0.1) is 0 Å². The van der Waals surface area contributed by atoms with Crippen molar-refractivity contribution in [3.8, 4) is 0 Å². The van der Waals surface area contributed by atoms with Crippen LogP contribution in [0.4, 0.5) is 0 Å². The quantitative estimate of drug-likeness (QED) is 0.822. The van der Waals surface area contributed by atoms with Crippen molar-refractivity contribution in [3.63, 3.8) is 0 Å². The number of rotatable bonds is 7. The van der Waals surface area contributed by atoms with E-state index in [-0.39, 0.29) is 11.8 Å². The summed E-state index contributed by atoms with van der Waals surface area (Å²) < 4.78 is 0. The van der Waals surface area contributed by atoms with Gasteiger partial charge in [0.05, 0.1) is 0 Å². The molecule has 1 saturated heterocycles. The molecular weight excluding hydrogens is 334 g/mol. The normalized spacial score (nSPS) is 23.1. The van der Waals surface area contributed by atoms with E-state index in [1.54, 1.807) is 0 Å². The van der Waals surface area contributed by atoms with Crippen molar-refractivity contribution in [2.24, 2.45) is 5.92 Å². The number of benzene rings is 2. The maximum absolute atomic E-state index is 12.3. The maximum Gasteiger partial charge on any atom is 0.223 e. The van der Waals surface area contributed by atoms with Crippen LogP contribution in [0, 0.1) is 5.92 Å². The number of carbonyl (C=O) groups excluding carboxylic acids is 1. The van der Waals surface area contributed by atoms with E-state index in [2.05, 4.69) is 69.7 Å². The lowest BCUT2D eigenvalue weighted by Gasteiger charge is -2.34. The fourth-order valence-electron chi connectivity index (χ4n) is 4.03. The van der Waals surface area contributed by atoms with Crippen LogP contribution in [0.3, 0.4) is 0 Å². The molecule has 4 rings (SSSR count). The molecule has 0 bridgehead atoms. The third-order valence-electron chi connectivity index (χ3n) is 5.80. The van der Waals surface area contributed by atoms with Crippen LogP contribution in [0.15, 0.2) is 60.7 Å². The van der Waals surface area contributed by atoms with Gasteiger partial charge in [-0.2, -0.15) is 0 Å². The summed E-state index contributed by atoms with van der Waals surface area (Å²) in [4.78, 5) is 17.3. The average molecular weight is 364 g/mol. The van der Waals surface area contributed by atoms with Crippen LogP contribution in [-0.4, -0.2) is 55.0 Å². The molecule has 1 saturated carbocycles. The van der Waals surface area contributed by atoms with Crippen LogP contribution in [0.25, 0.3) is 0 Å². The number of piperazine rings is 1. The van der Waals surface area contributed by atoms with Gasteiger partial charge in [0.15, 0.2) is 0 Å². The highest BCUT2D eigenvalue weighted by molar-refractivity contribution is 5.82. The van der Waals surface area contributed by atoms with Gasteiger partial charge >= 0.3 is 0 Å². The third-order valence-corrected chi connectivity index (χ3v) is 5.80. The van der Waals surface area contributed by atoms with Gasteiger partial charge < -0.3 is 5.32 Å². The Labute approximate surface area is 162 Å². The molecule has 0 spiro atoms. The predicted octanol–water partition coefficient (Wildman–Crippen LogP) is 2.72. The van der Waals surface area contributed by atoms with Crippen LogP contribution in [0.2, 0.25) is 0 Å². The van der Waals surface area contributed by atoms with Gasteiger partial charge in [0, 0.05) is 51.7 Å². The van der Waals surface area contributed by atoms with E-state index < -0.39 is 0 Å². The molecule has 2 fully saturated rings. The zero-order chi connectivity index (χ0) is 18.5. The second-order valence-electron chi connectivity index (χ2n) is 7.75. The van der Waals surface area contributed by atoms with E-state index in [9.17, 15) is 4.79 Å². The fourth-order valence-corrected chi connectivity index (χ4v) is 4.03. The summed E-state index contributed by atoms with van der Waals surface area (Å²) in [5, 5.41) is 3.15. The number of hydrogen-bond donors (Lipinski definition) is 1. The van der Waals surface area contributed by atoms with E-state index in [4.69, 9.17) is 0 Å². The molecule has 0 aromatic heterocycles. The molecule has 142 valence electrons. The minimum atomic E-state index is 0.176. The molecule has 2 aromatic rings. The van der Waals surface area contributed by atoms with Crippen molar-refractivity contribution < 1.29 is 4.79 Å². The van der Waals surface area contributed by atoms with E-state index in [0.29, 0.717) is 5.92 Å². The van der Waals surface area contributed by atoms with Crippen LogP contribution >= 0.6 is 0 Å². The fraction of sp³-hybridized carbons (Fsp3) is 0.435. The highest BCUT2D eigenvalue weighted by Gasteiger charge is 2.43. The molecule has 1 N–H and O–H groups in total. The number of amides is 1. The number of nitrogens with one attached hydrogen (secondary N) is 1. The molecule has 2 atom stereocenters. The molecule has 1 aliphatic heterocycles. The lowest BCUT2D eigenvalue weighted by Crippen LogP contribution is -2.48. The van der Waals surface area contributed by atoms with Crippen molar-refractivity contribution in [3.05, 3.63) is 71.8 Å². The summed E-state index contributed by atoms with van der Waals surface area (Å²) in [5.41, 5.74) is 2.68. The number of nitrogens with zero attached hydrogens (tertiary/aromatic N) is 2. The summed E-state index contributed by atoms with van der Waals surface area (Å²) in [5.74, 6) is 0.828. The van der Waals surface area contributed by atoms with Crippen molar-refractivity contribution in [2.45, 2.75) is 18.9 Å². The Morgan fingerprint density at radius 1 is 0.889 bits per heavy atom. The van der Waals surface area contributed by atoms with Gasteiger partial charge in [0.1, 0.15) is 0 Å². The summed E-state index contributed by atoms with van der Waals surface area (Å²) in [6.45, 7) is 7.11. The predicted molar refractivity (Wildman–Crippen MR) is 108 cm³/mol. The van der Waals surface area contributed by atoms with Crippen molar-refractivity contribution in [1.82, 2.24) is 15.1 Å². The molecular formula is C23H29N3O. The smallest absolute Gasteiger partial charge is 0.223 e. The van der Waals surface area contributed by atoms with E-state index in [1.807, 2.05) is 6.07 Å². The van der Waals surface area contributed by atoms with Crippen molar-refractivity contribution in [2.75, 3.05) is 39.3 Å². The van der Waals surface area contributed by atoms with E-state index >= 15 is 0 Å². The first-order valence-electron chi connectivity index (χ1n) is 10.1. The monoisotopic (exact) mass is 363 g/mol. The Morgan fingerprint density at radius 2 is 1.52 bits per heavy atom. The standard InChI is InChI=1S/C23H29N3O/c27-23(22-17-21(22)20-9-5-2-6-10-20)24-11-12-25-13-15-26(16-14-25)18-19-7-3-1-4-8-19/h1-10,21-22H,11-18H2,(H,24,27)/t21-,22+/m0/s1. The number of hydrogen-bond acceptors (Lipinski definition) is 3. The van der Waals surface area contributed by atoms with Gasteiger partial charge in [-0.3, -0.25) is 14.6 Å². The molecule has 0 radical (unpaired) electrons. The SMILES string of the molecule is O=C(NCCN1CCN(Cc2ccccc2)CC1)[C@@H]1C[C@H]1c1ccccc1. The maximum atomic E-state index is 12.3. The minimum absolute atomic E-state index is 0.176. The molecule has 1 amide bonds. The van der Waals surface area contributed by atoms with Crippen LogP contribution in [-0.2, 0) is 11.3 Å². The first-order valence-corrected chi connectivity index (χ1v) is 10.1. The Morgan fingerprint density at radius 3 is 2.22 bits per heavy atom. The zero-order valence-corrected chi connectivity index (χ0v) is 15.9. The topological polar surface area (TPSA) is 35.6 Å². The van der Waals surface area contributed by atoms with Crippen LogP contribution < -0.4 is 5.32 Å². The van der Waals surface area contributed by atoms with Crippen LogP contribution in [0.5, 0.6) is 0 Å². The highest BCUT2D eigenvalue weighted by Crippen LogP contribution is 2.47. The molecule has 2 aromatic carbocycles. The molecule has 4 heteroatoms. The Balaban J connectivity index is 1.12. The second kappa shape index (κ2) is 8.68. The van der Waals surface area contributed by atoms with Gasteiger partial charge in [-0.05, 0) is 23.5 Å². The van der Waals surface area contributed by atoms with Gasteiger partial charge in [-0.25, -0.2) is 0 Å². The average Bonchev–Trinajstić information content (AvgIpc) is 3.52.